The first-order chi connectivity index (χ1) is 8.75. The number of carbonyl (C=O) groups is 1. The van der Waals surface area contributed by atoms with E-state index >= 15 is 0 Å². The minimum absolute atomic E-state index is 0.0149. The molecular weight excluding hydrogens is 248 g/mol. The summed E-state index contributed by atoms with van der Waals surface area (Å²) in [5.74, 6) is -0.0149. The first kappa shape index (κ1) is 11.2. The zero-order chi connectivity index (χ0) is 12.5. The molecule has 1 amide bonds. The molecule has 2 aromatic rings. The van der Waals surface area contributed by atoms with Crippen LogP contribution in [0.15, 0.2) is 24.4 Å². The van der Waals surface area contributed by atoms with Crippen molar-refractivity contribution < 1.29 is 4.79 Å². The normalized spacial score (nSPS) is 14.3. The topological polar surface area (TPSA) is 72.1 Å². The molecule has 0 saturated carbocycles. The Morgan fingerprint density at radius 1 is 1.44 bits per heavy atom. The summed E-state index contributed by atoms with van der Waals surface area (Å²) in [6, 6.07) is 5.90. The van der Waals surface area contributed by atoms with Gasteiger partial charge < -0.3 is 10.6 Å². The van der Waals surface area contributed by atoms with Crippen LogP contribution in [0.3, 0.4) is 0 Å². The minimum atomic E-state index is -0.0149. The highest BCUT2D eigenvalue weighted by Crippen LogP contribution is 2.25. The Morgan fingerprint density at radius 3 is 3.11 bits per heavy atom. The number of nitrogens with zero attached hydrogens (tertiary/aromatic N) is 3. The number of hydrogen-bond donors (Lipinski definition) is 1. The molecule has 1 aliphatic heterocycles. The van der Waals surface area contributed by atoms with Gasteiger partial charge in [-0.2, -0.15) is 0 Å². The van der Waals surface area contributed by atoms with Gasteiger partial charge in [-0.25, -0.2) is 0 Å². The van der Waals surface area contributed by atoms with Crippen molar-refractivity contribution in [3.8, 4) is 0 Å². The summed E-state index contributed by atoms with van der Waals surface area (Å²) in [6.45, 7) is 1.28. The average molecular weight is 260 g/mol. The molecule has 0 atom stereocenters. The fraction of sp³-hybridized carbons (Fsp3) is 0.250. The fourth-order valence-corrected chi connectivity index (χ4v) is 2.68. The quantitative estimate of drug-likeness (QED) is 0.785. The van der Waals surface area contributed by atoms with E-state index in [1.54, 1.807) is 4.90 Å². The summed E-state index contributed by atoms with van der Waals surface area (Å²) in [7, 11) is 0. The van der Waals surface area contributed by atoms with Crippen molar-refractivity contribution in [1.29, 1.82) is 0 Å². The predicted octanol–water partition coefficient (Wildman–Crippen LogP) is 1.32. The summed E-state index contributed by atoms with van der Waals surface area (Å²) >= 11 is 1.13. The molecule has 5 nitrogen and oxygen atoms in total. The molecule has 0 radical (unpaired) electrons. The van der Waals surface area contributed by atoms with E-state index in [4.69, 9.17) is 5.73 Å². The molecular formula is C12H12N4OS. The van der Waals surface area contributed by atoms with Gasteiger partial charge in [0, 0.05) is 18.8 Å². The second-order valence-electron chi connectivity index (χ2n) is 4.24. The zero-order valence-electron chi connectivity index (χ0n) is 9.67. The largest absolute Gasteiger partial charge is 0.398 e. The molecule has 0 unspecified atom stereocenters. The van der Waals surface area contributed by atoms with E-state index in [0.29, 0.717) is 18.0 Å². The maximum absolute atomic E-state index is 12.2. The Bertz CT molecular complexity index is 582. The molecule has 1 aromatic heterocycles. The van der Waals surface area contributed by atoms with Gasteiger partial charge in [-0.3, -0.25) is 4.79 Å². The molecule has 0 spiro atoms. The maximum atomic E-state index is 12.2. The van der Waals surface area contributed by atoms with Crippen molar-refractivity contribution in [2.75, 3.05) is 12.3 Å². The lowest BCUT2D eigenvalue weighted by molar-refractivity contribution is 0.0740. The second-order valence-corrected chi connectivity index (χ2v) is 5.03. The molecule has 1 aliphatic rings. The van der Waals surface area contributed by atoms with Gasteiger partial charge in [-0.05, 0) is 35.1 Å². The first-order valence-electron chi connectivity index (χ1n) is 5.68. The van der Waals surface area contributed by atoms with Gasteiger partial charge in [0.2, 0.25) is 0 Å². The molecule has 6 heteroatoms. The Balaban J connectivity index is 1.87. The number of nitrogen functional groups attached to an aromatic ring is 1. The third-order valence-electron chi connectivity index (χ3n) is 3.17. The number of amides is 1. The number of nitrogens with two attached hydrogens (primary N) is 1. The summed E-state index contributed by atoms with van der Waals surface area (Å²) in [6.07, 6.45) is 2.36. The number of hydrogen-bond acceptors (Lipinski definition) is 5. The highest BCUT2D eigenvalue weighted by molar-refractivity contribution is 7.07. The number of carbonyl (C=O) groups excluding carboxylic acids is 1. The zero-order valence-corrected chi connectivity index (χ0v) is 10.5. The van der Waals surface area contributed by atoms with E-state index in [9.17, 15) is 4.79 Å². The third-order valence-corrected chi connectivity index (χ3v) is 3.82. The molecule has 2 heterocycles. The molecule has 0 aliphatic carbocycles. The van der Waals surface area contributed by atoms with Crippen LogP contribution < -0.4 is 5.73 Å². The Labute approximate surface area is 108 Å². The lowest BCUT2D eigenvalue weighted by Crippen LogP contribution is -2.36. The van der Waals surface area contributed by atoms with Crippen LogP contribution in [0.2, 0.25) is 0 Å². The van der Waals surface area contributed by atoms with Crippen LogP contribution in [0.25, 0.3) is 0 Å². The monoisotopic (exact) mass is 260 g/mol. The Hall–Kier alpha value is -1.95. The van der Waals surface area contributed by atoms with Gasteiger partial charge in [0.1, 0.15) is 4.88 Å². The predicted molar refractivity (Wildman–Crippen MR) is 69.2 cm³/mol. The van der Waals surface area contributed by atoms with Crippen molar-refractivity contribution in [1.82, 2.24) is 14.5 Å². The number of anilines is 1. The highest BCUT2D eigenvalue weighted by atomic mass is 32.1. The Morgan fingerprint density at radius 2 is 2.33 bits per heavy atom. The average Bonchev–Trinajstić information content (AvgIpc) is 2.92. The van der Waals surface area contributed by atoms with Crippen molar-refractivity contribution in [3.05, 3.63) is 40.4 Å². The SMILES string of the molecule is Nc1cccc2c1CN(C(=O)c1cnns1)CC2. The number of aromatic nitrogens is 2. The number of benzene rings is 1. The highest BCUT2D eigenvalue weighted by Gasteiger charge is 2.24. The van der Waals surface area contributed by atoms with Crippen LogP contribution in [-0.4, -0.2) is 26.9 Å². The van der Waals surface area contributed by atoms with E-state index in [-0.39, 0.29) is 5.91 Å². The lowest BCUT2D eigenvalue weighted by atomic mass is 9.98. The van der Waals surface area contributed by atoms with Crippen molar-refractivity contribution in [2.45, 2.75) is 13.0 Å². The van der Waals surface area contributed by atoms with Crippen LogP contribution in [-0.2, 0) is 13.0 Å². The lowest BCUT2D eigenvalue weighted by Gasteiger charge is -2.29. The molecule has 1 aromatic carbocycles. The van der Waals surface area contributed by atoms with Crippen LogP contribution in [0, 0.1) is 0 Å². The molecule has 2 N–H and O–H groups in total. The molecule has 3 rings (SSSR count). The second kappa shape index (κ2) is 4.38. The van der Waals surface area contributed by atoms with E-state index in [1.807, 2.05) is 12.1 Å². The van der Waals surface area contributed by atoms with Crippen LogP contribution in [0.1, 0.15) is 20.8 Å². The summed E-state index contributed by atoms with van der Waals surface area (Å²) < 4.78 is 3.72. The Kier molecular flexibility index (Phi) is 2.71. The van der Waals surface area contributed by atoms with E-state index in [1.165, 1.54) is 11.8 Å². The summed E-state index contributed by atoms with van der Waals surface area (Å²) in [5, 5.41) is 3.70. The van der Waals surface area contributed by atoms with Gasteiger partial charge in [0.05, 0.1) is 6.20 Å². The smallest absolute Gasteiger partial charge is 0.267 e. The van der Waals surface area contributed by atoms with E-state index < -0.39 is 0 Å². The van der Waals surface area contributed by atoms with E-state index in [2.05, 4.69) is 15.7 Å². The standard InChI is InChI=1S/C12H12N4OS/c13-10-3-1-2-8-4-5-16(7-9(8)10)12(17)11-6-14-15-18-11/h1-3,6H,4-5,7,13H2. The van der Waals surface area contributed by atoms with Gasteiger partial charge in [0.15, 0.2) is 0 Å². The van der Waals surface area contributed by atoms with Crippen molar-refractivity contribution in [3.63, 3.8) is 0 Å². The van der Waals surface area contributed by atoms with Gasteiger partial charge >= 0.3 is 0 Å². The molecule has 0 bridgehead atoms. The molecule has 18 heavy (non-hydrogen) atoms. The summed E-state index contributed by atoms with van der Waals surface area (Å²) in [4.78, 5) is 14.6. The molecule has 92 valence electrons. The van der Waals surface area contributed by atoms with Crippen LogP contribution >= 0.6 is 11.5 Å². The van der Waals surface area contributed by atoms with Crippen molar-refractivity contribution in [2.24, 2.45) is 0 Å². The third kappa shape index (κ3) is 1.84. The molecule has 0 fully saturated rings. The van der Waals surface area contributed by atoms with Gasteiger partial charge in [-0.1, -0.05) is 16.6 Å². The van der Waals surface area contributed by atoms with Crippen molar-refractivity contribution >= 4 is 23.1 Å². The van der Waals surface area contributed by atoms with Crippen LogP contribution in [0.4, 0.5) is 5.69 Å². The van der Waals surface area contributed by atoms with E-state index in [0.717, 1.165) is 29.2 Å². The van der Waals surface area contributed by atoms with Crippen LogP contribution in [0.5, 0.6) is 0 Å². The minimum Gasteiger partial charge on any atom is -0.398 e. The molecule has 0 saturated heterocycles. The van der Waals surface area contributed by atoms with Gasteiger partial charge in [-0.15, -0.1) is 5.10 Å². The van der Waals surface area contributed by atoms with Gasteiger partial charge in [0.25, 0.3) is 5.91 Å². The summed E-state index contributed by atoms with van der Waals surface area (Å²) in [5.41, 5.74) is 9.02. The fourth-order valence-electron chi connectivity index (χ4n) is 2.20. The number of rotatable bonds is 1. The first-order valence-corrected chi connectivity index (χ1v) is 6.46. The number of fused-ring (bicyclic) bond motifs is 1. The maximum Gasteiger partial charge on any atom is 0.267 e.